The lowest BCUT2D eigenvalue weighted by Gasteiger charge is -2.36. The van der Waals surface area contributed by atoms with Crippen LogP contribution in [0.15, 0.2) is 24.3 Å². The van der Waals surface area contributed by atoms with E-state index in [-0.39, 0.29) is 12.1 Å². The van der Waals surface area contributed by atoms with E-state index < -0.39 is 0 Å². The first-order chi connectivity index (χ1) is 10.2. The van der Waals surface area contributed by atoms with Crippen LogP contribution in [-0.4, -0.2) is 24.4 Å². The summed E-state index contributed by atoms with van der Waals surface area (Å²) in [7, 11) is 0. The fraction of sp³-hybridized carbons (Fsp3) is 0.667. The summed E-state index contributed by atoms with van der Waals surface area (Å²) in [4.78, 5) is 0. The maximum Gasteiger partial charge on any atom is 0.119 e. The van der Waals surface area contributed by atoms with E-state index in [4.69, 9.17) is 4.74 Å². The Bertz CT molecular complexity index is 412. The lowest BCUT2D eigenvalue weighted by Crippen LogP contribution is -2.49. The minimum Gasteiger partial charge on any atom is -0.494 e. The maximum absolute atomic E-state index is 9.89. The Labute approximate surface area is 128 Å². The Morgan fingerprint density at radius 1 is 1.19 bits per heavy atom. The molecule has 0 aromatic heterocycles. The molecule has 0 amide bonds. The predicted molar refractivity (Wildman–Crippen MR) is 86.7 cm³/mol. The topological polar surface area (TPSA) is 41.5 Å². The molecule has 0 spiro atoms. The average Bonchev–Trinajstić information content (AvgIpc) is 2.54. The van der Waals surface area contributed by atoms with E-state index in [1.54, 1.807) is 0 Å². The smallest absolute Gasteiger partial charge is 0.119 e. The first-order valence-corrected chi connectivity index (χ1v) is 8.30. The molecule has 1 aromatic carbocycles. The summed E-state index contributed by atoms with van der Waals surface area (Å²) in [6.07, 6.45) is 7.38. The minimum atomic E-state index is -0.370. The van der Waals surface area contributed by atoms with Crippen molar-refractivity contribution in [1.29, 1.82) is 0 Å². The van der Waals surface area contributed by atoms with Gasteiger partial charge in [0.25, 0.3) is 0 Å². The molecular weight excluding hydrogens is 262 g/mol. The molecule has 0 radical (unpaired) electrons. The molecule has 0 bridgehead atoms. The second-order valence-electron chi connectivity index (χ2n) is 6.34. The van der Waals surface area contributed by atoms with Gasteiger partial charge in [0, 0.05) is 6.04 Å². The van der Waals surface area contributed by atoms with Crippen molar-refractivity contribution in [2.45, 2.75) is 64.0 Å². The highest BCUT2D eigenvalue weighted by Gasteiger charge is 2.29. The van der Waals surface area contributed by atoms with Gasteiger partial charge in [0.15, 0.2) is 0 Å². The Hall–Kier alpha value is -1.06. The van der Waals surface area contributed by atoms with Crippen LogP contribution in [0.1, 0.15) is 57.9 Å². The van der Waals surface area contributed by atoms with Crippen molar-refractivity contribution >= 4 is 0 Å². The largest absolute Gasteiger partial charge is 0.494 e. The summed E-state index contributed by atoms with van der Waals surface area (Å²) in [5.74, 6) is 0.901. The number of aliphatic hydroxyl groups excluding tert-OH is 1. The summed E-state index contributed by atoms with van der Waals surface area (Å²) < 4.78 is 5.62. The van der Waals surface area contributed by atoms with Crippen LogP contribution < -0.4 is 10.1 Å². The summed E-state index contributed by atoms with van der Waals surface area (Å²) in [5, 5.41) is 13.6. The van der Waals surface area contributed by atoms with Crippen molar-refractivity contribution in [1.82, 2.24) is 5.32 Å². The Balaban J connectivity index is 2.03. The molecule has 1 aliphatic carbocycles. The molecule has 21 heavy (non-hydrogen) atoms. The van der Waals surface area contributed by atoms with Crippen LogP contribution in [0.25, 0.3) is 0 Å². The van der Waals surface area contributed by atoms with E-state index in [0.29, 0.717) is 6.04 Å². The Kier molecular flexibility index (Phi) is 6.07. The molecule has 1 atom stereocenters. The number of ether oxygens (including phenoxy) is 1. The van der Waals surface area contributed by atoms with Gasteiger partial charge in [-0.25, -0.2) is 0 Å². The molecule has 118 valence electrons. The van der Waals surface area contributed by atoms with Gasteiger partial charge in [-0.2, -0.15) is 0 Å². The molecule has 1 fully saturated rings. The molecule has 2 N–H and O–H groups in total. The third-order valence-corrected chi connectivity index (χ3v) is 4.41. The highest BCUT2D eigenvalue weighted by molar-refractivity contribution is 5.32. The van der Waals surface area contributed by atoms with Crippen LogP contribution >= 0.6 is 0 Å². The molecule has 3 nitrogen and oxygen atoms in total. The lowest BCUT2D eigenvalue weighted by molar-refractivity contribution is 0.150. The second kappa shape index (κ2) is 7.81. The highest BCUT2D eigenvalue weighted by Crippen LogP contribution is 2.27. The van der Waals surface area contributed by atoms with E-state index in [0.717, 1.165) is 24.3 Å². The molecule has 0 saturated heterocycles. The average molecular weight is 291 g/mol. The van der Waals surface area contributed by atoms with Gasteiger partial charge in [-0.15, -0.1) is 0 Å². The van der Waals surface area contributed by atoms with E-state index in [2.05, 4.69) is 31.3 Å². The number of hydrogen-bond donors (Lipinski definition) is 2. The normalized spacial score (nSPS) is 19.2. The highest BCUT2D eigenvalue weighted by atomic mass is 16.5. The van der Waals surface area contributed by atoms with E-state index in [1.807, 2.05) is 12.1 Å². The van der Waals surface area contributed by atoms with Gasteiger partial charge in [-0.1, -0.05) is 38.3 Å². The quantitative estimate of drug-likeness (QED) is 0.806. The summed E-state index contributed by atoms with van der Waals surface area (Å²) in [6, 6.07) is 8.66. The number of benzene rings is 1. The van der Waals surface area contributed by atoms with E-state index in [9.17, 15) is 5.11 Å². The van der Waals surface area contributed by atoms with Crippen LogP contribution in [0.5, 0.6) is 5.75 Å². The van der Waals surface area contributed by atoms with Crippen LogP contribution in [0, 0.1) is 0 Å². The van der Waals surface area contributed by atoms with Gasteiger partial charge in [0.05, 0.1) is 18.8 Å². The molecule has 1 unspecified atom stereocenters. The van der Waals surface area contributed by atoms with Crippen molar-refractivity contribution < 1.29 is 9.84 Å². The molecular formula is C18H29NO2. The predicted octanol–water partition coefficient (Wildman–Crippen LogP) is 3.61. The third-order valence-electron chi connectivity index (χ3n) is 4.41. The van der Waals surface area contributed by atoms with Gasteiger partial charge in [-0.05, 0) is 43.9 Å². The number of rotatable bonds is 7. The molecule has 1 aromatic rings. The second-order valence-corrected chi connectivity index (χ2v) is 6.34. The monoisotopic (exact) mass is 291 g/mol. The SMILES string of the molecule is CCCOc1ccc(C(C)(CO)NC2CCCCC2)cc1. The van der Waals surface area contributed by atoms with Crippen molar-refractivity contribution in [3.05, 3.63) is 29.8 Å². The van der Waals surface area contributed by atoms with Crippen molar-refractivity contribution in [3.8, 4) is 5.75 Å². The van der Waals surface area contributed by atoms with Gasteiger partial charge in [-0.3, -0.25) is 0 Å². The Morgan fingerprint density at radius 3 is 2.43 bits per heavy atom. The van der Waals surface area contributed by atoms with Crippen LogP contribution in [0.4, 0.5) is 0 Å². The molecule has 0 aliphatic heterocycles. The maximum atomic E-state index is 9.89. The van der Waals surface area contributed by atoms with Crippen LogP contribution in [0.3, 0.4) is 0 Å². The van der Waals surface area contributed by atoms with Crippen molar-refractivity contribution in [2.24, 2.45) is 0 Å². The zero-order chi connectivity index (χ0) is 15.1. The molecule has 1 aliphatic rings. The van der Waals surface area contributed by atoms with Gasteiger partial charge in [0.1, 0.15) is 5.75 Å². The standard InChI is InChI=1S/C18H29NO2/c1-3-13-21-17-11-9-15(10-12-17)18(2,14-20)19-16-7-5-4-6-8-16/h9-12,16,19-20H,3-8,13-14H2,1-2H3. The summed E-state index contributed by atoms with van der Waals surface area (Å²) in [5.41, 5.74) is 0.755. The minimum absolute atomic E-state index is 0.110. The lowest BCUT2D eigenvalue weighted by atomic mass is 9.88. The summed E-state index contributed by atoms with van der Waals surface area (Å²) in [6.45, 7) is 5.05. The zero-order valence-corrected chi connectivity index (χ0v) is 13.4. The first kappa shape index (κ1) is 16.3. The fourth-order valence-electron chi connectivity index (χ4n) is 3.06. The van der Waals surface area contributed by atoms with Gasteiger partial charge in [0.2, 0.25) is 0 Å². The fourth-order valence-corrected chi connectivity index (χ4v) is 3.06. The van der Waals surface area contributed by atoms with Gasteiger partial charge >= 0.3 is 0 Å². The number of aliphatic hydroxyl groups is 1. The first-order valence-electron chi connectivity index (χ1n) is 8.30. The summed E-state index contributed by atoms with van der Waals surface area (Å²) >= 11 is 0. The molecule has 3 heteroatoms. The van der Waals surface area contributed by atoms with E-state index >= 15 is 0 Å². The molecule has 2 rings (SSSR count). The molecule has 1 saturated carbocycles. The van der Waals surface area contributed by atoms with Crippen molar-refractivity contribution in [3.63, 3.8) is 0 Å². The number of nitrogens with one attached hydrogen (secondary N) is 1. The molecule has 0 heterocycles. The van der Waals surface area contributed by atoms with Crippen LogP contribution in [0.2, 0.25) is 0 Å². The van der Waals surface area contributed by atoms with Crippen LogP contribution in [-0.2, 0) is 5.54 Å². The van der Waals surface area contributed by atoms with Gasteiger partial charge < -0.3 is 15.2 Å². The third kappa shape index (κ3) is 4.45. The van der Waals surface area contributed by atoms with E-state index in [1.165, 1.54) is 32.1 Å². The zero-order valence-electron chi connectivity index (χ0n) is 13.4. The number of hydrogen-bond acceptors (Lipinski definition) is 3. The van der Waals surface area contributed by atoms with Crippen molar-refractivity contribution in [2.75, 3.05) is 13.2 Å². The Morgan fingerprint density at radius 2 is 1.86 bits per heavy atom.